The number of nitrogens with zero attached hydrogens (tertiary/aromatic N) is 2. The number of guanidine groups is 1. The largest absolute Gasteiger partial charge is 0.491 e. The molecule has 158 valence electrons. The molecule has 0 radical (unpaired) electrons. The van der Waals surface area contributed by atoms with Crippen LogP contribution in [0.3, 0.4) is 0 Å². The van der Waals surface area contributed by atoms with Crippen LogP contribution in [0.15, 0.2) is 41.9 Å². The number of benzene rings is 1. The van der Waals surface area contributed by atoms with E-state index in [1.165, 1.54) is 5.56 Å². The highest BCUT2D eigenvalue weighted by molar-refractivity contribution is 14.0. The summed E-state index contributed by atoms with van der Waals surface area (Å²) in [5.41, 5.74) is 1.25. The van der Waals surface area contributed by atoms with E-state index in [0.29, 0.717) is 25.1 Å². The summed E-state index contributed by atoms with van der Waals surface area (Å²) in [5, 5.41) is 6.93. The van der Waals surface area contributed by atoms with Gasteiger partial charge in [0, 0.05) is 32.2 Å². The topological polar surface area (TPSA) is 48.9 Å². The van der Waals surface area contributed by atoms with Crippen molar-refractivity contribution in [1.82, 2.24) is 15.5 Å². The molecule has 28 heavy (non-hydrogen) atoms. The SMILES string of the molecule is C=CCN1CCC(NC(=NCCOc2ccccc2C(C)C)NCC)CC1.I. The smallest absolute Gasteiger partial charge is 0.191 e. The van der Waals surface area contributed by atoms with Gasteiger partial charge in [0.2, 0.25) is 0 Å². The Hall–Kier alpha value is -1.28. The van der Waals surface area contributed by atoms with Gasteiger partial charge in [0.05, 0.1) is 6.54 Å². The molecule has 0 unspecified atom stereocenters. The predicted molar refractivity (Wildman–Crippen MR) is 130 cm³/mol. The van der Waals surface area contributed by atoms with Crippen molar-refractivity contribution in [2.75, 3.05) is 39.3 Å². The fraction of sp³-hybridized carbons (Fsp3) is 0.591. The number of ether oxygens (including phenoxy) is 1. The quantitative estimate of drug-likeness (QED) is 0.177. The first-order valence-corrected chi connectivity index (χ1v) is 10.2. The molecule has 0 aliphatic carbocycles. The van der Waals surface area contributed by atoms with Gasteiger partial charge in [-0.15, -0.1) is 30.6 Å². The van der Waals surface area contributed by atoms with Crippen LogP contribution < -0.4 is 15.4 Å². The number of piperidine rings is 1. The van der Waals surface area contributed by atoms with Crippen LogP contribution in [0.2, 0.25) is 0 Å². The molecule has 1 saturated heterocycles. The average molecular weight is 500 g/mol. The summed E-state index contributed by atoms with van der Waals surface area (Å²) >= 11 is 0. The molecule has 5 nitrogen and oxygen atoms in total. The standard InChI is InChI=1S/C22H36N4O.HI/c1-5-14-26-15-11-19(12-16-26)25-22(23-6-2)24-13-17-27-21-10-8-7-9-20(21)18(3)4;/h5,7-10,18-19H,1,6,11-17H2,2-4H3,(H2,23,24,25);1H. The second-order valence-electron chi connectivity index (χ2n) is 7.31. The van der Waals surface area contributed by atoms with Gasteiger partial charge in [-0.3, -0.25) is 4.90 Å². The number of para-hydroxylation sites is 1. The predicted octanol–water partition coefficient (Wildman–Crippen LogP) is 4.01. The summed E-state index contributed by atoms with van der Waals surface area (Å²) in [4.78, 5) is 7.13. The summed E-state index contributed by atoms with van der Waals surface area (Å²) in [6, 6.07) is 8.74. The highest BCUT2D eigenvalue weighted by Gasteiger charge is 2.19. The highest BCUT2D eigenvalue weighted by atomic mass is 127. The molecule has 0 aromatic heterocycles. The maximum absolute atomic E-state index is 5.98. The lowest BCUT2D eigenvalue weighted by Crippen LogP contribution is -2.48. The summed E-state index contributed by atoms with van der Waals surface area (Å²) < 4.78 is 5.98. The maximum atomic E-state index is 5.98. The highest BCUT2D eigenvalue weighted by Crippen LogP contribution is 2.25. The first-order chi connectivity index (χ1) is 13.1. The molecule has 0 amide bonds. The van der Waals surface area contributed by atoms with Crippen LogP contribution in [-0.4, -0.2) is 56.2 Å². The third-order valence-corrected chi connectivity index (χ3v) is 4.82. The van der Waals surface area contributed by atoms with Crippen LogP contribution in [-0.2, 0) is 0 Å². The minimum absolute atomic E-state index is 0. The van der Waals surface area contributed by atoms with Crippen molar-refractivity contribution in [2.45, 2.75) is 45.6 Å². The molecule has 1 aromatic rings. The molecule has 2 rings (SSSR count). The van der Waals surface area contributed by atoms with E-state index in [2.05, 4.69) is 55.0 Å². The number of hydrogen-bond acceptors (Lipinski definition) is 3. The second-order valence-corrected chi connectivity index (χ2v) is 7.31. The number of hydrogen-bond donors (Lipinski definition) is 2. The Balaban J connectivity index is 0.00000392. The normalized spacial score (nSPS) is 15.8. The average Bonchev–Trinajstić information content (AvgIpc) is 2.67. The summed E-state index contributed by atoms with van der Waals surface area (Å²) in [6.07, 6.45) is 4.25. The van der Waals surface area contributed by atoms with Gasteiger partial charge in [0.25, 0.3) is 0 Å². The van der Waals surface area contributed by atoms with E-state index in [4.69, 9.17) is 9.73 Å². The van der Waals surface area contributed by atoms with Gasteiger partial charge in [-0.1, -0.05) is 38.1 Å². The molecule has 1 aromatic carbocycles. The Morgan fingerprint density at radius 1 is 1.32 bits per heavy atom. The van der Waals surface area contributed by atoms with Crippen molar-refractivity contribution in [3.63, 3.8) is 0 Å². The summed E-state index contributed by atoms with van der Waals surface area (Å²) in [6.45, 7) is 15.6. The van der Waals surface area contributed by atoms with Crippen molar-refractivity contribution in [3.05, 3.63) is 42.5 Å². The lowest BCUT2D eigenvalue weighted by molar-refractivity contribution is 0.225. The zero-order valence-corrected chi connectivity index (χ0v) is 19.9. The van der Waals surface area contributed by atoms with E-state index < -0.39 is 0 Å². The molecular formula is C22H37IN4O. The molecule has 1 aliphatic heterocycles. The van der Waals surface area contributed by atoms with Crippen LogP contribution >= 0.6 is 24.0 Å². The molecule has 0 saturated carbocycles. The number of halogens is 1. The van der Waals surface area contributed by atoms with Crippen molar-refractivity contribution in [3.8, 4) is 5.75 Å². The third-order valence-electron chi connectivity index (χ3n) is 4.82. The fourth-order valence-electron chi connectivity index (χ4n) is 3.36. The lowest BCUT2D eigenvalue weighted by atomic mass is 10.0. The number of rotatable bonds is 9. The monoisotopic (exact) mass is 500 g/mol. The number of aliphatic imine (C=N–C) groups is 1. The molecule has 1 fully saturated rings. The van der Waals surface area contributed by atoms with Crippen LogP contribution in [0.5, 0.6) is 5.75 Å². The molecule has 1 heterocycles. The van der Waals surface area contributed by atoms with Crippen molar-refractivity contribution >= 4 is 29.9 Å². The van der Waals surface area contributed by atoms with Gasteiger partial charge in [-0.2, -0.15) is 0 Å². The maximum Gasteiger partial charge on any atom is 0.191 e. The third kappa shape index (κ3) is 8.39. The Morgan fingerprint density at radius 2 is 2.04 bits per heavy atom. The van der Waals surface area contributed by atoms with Gasteiger partial charge in [-0.25, -0.2) is 4.99 Å². The lowest BCUT2D eigenvalue weighted by Gasteiger charge is -2.32. The van der Waals surface area contributed by atoms with Gasteiger partial charge < -0.3 is 15.4 Å². The summed E-state index contributed by atoms with van der Waals surface area (Å²) in [5.74, 6) is 2.31. The van der Waals surface area contributed by atoms with Crippen molar-refractivity contribution in [2.24, 2.45) is 4.99 Å². The van der Waals surface area contributed by atoms with Crippen molar-refractivity contribution in [1.29, 1.82) is 0 Å². The van der Waals surface area contributed by atoms with E-state index in [-0.39, 0.29) is 24.0 Å². The van der Waals surface area contributed by atoms with E-state index in [1.54, 1.807) is 0 Å². The van der Waals surface area contributed by atoms with Gasteiger partial charge in [0.15, 0.2) is 5.96 Å². The van der Waals surface area contributed by atoms with E-state index in [0.717, 1.165) is 50.7 Å². The van der Waals surface area contributed by atoms with Crippen LogP contribution in [0.1, 0.15) is 45.1 Å². The molecule has 2 N–H and O–H groups in total. The first kappa shape index (κ1) is 24.8. The summed E-state index contributed by atoms with van der Waals surface area (Å²) in [7, 11) is 0. The van der Waals surface area contributed by atoms with Gasteiger partial charge >= 0.3 is 0 Å². The molecule has 0 spiro atoms. The van der Waals surface area contributed by atoms with Gasteiger partial charge in [0.1, 0.15) is 12.4 Å². The molecule has 0 atom stereocenters. The van der Waals surface area contributed by atoms with E-state index >= 15 is 0 Å². The van der Waals surface area contributed by atoms with Crippen LogP contribution in [0.4, 0.5) is 0 Å². The minimum Gasteiger partial charge on any atom is -0.491 e. The molecule has 6 heteroatoms. The number of nitrogens with one attached hydrogen (secondary N) is 2. The molecule has 0 bridgehead atoms. The zero-order valence-electron chi connectivity index (χ0n) is 17.6. The Bertz CT molecular complexity index is 598. The fourth-order valence-corrected chi connectivity index (χ4v) is 3.36. The minimum atomic E-state index is 0. The van der Waals surface area contributed by atoms with E-state index in [1.807, 2.05) is 18.2 Å². The molecule has 1 aliphatic rings. The van der Waals surface area contributed by atoms with Crippen LogP contribution in [0.25, 0.3) is 0 Å². The Morgan fingerprint density at radius 3 is 2.68 bits per heavy atom. The van der Waals surface area contributed by atoms with Crippen molar-refractivity contribution < 1.29 is 4.74 Å². The first-order valence-electron chi connectivity index (χ1n) is 10.2. The van der Waals surface area contributed by atoms with E-state index in [9.17, 15) is 0 Å². The Kier molecular flexibility index (Phi) is 12.2. The zero-order chi connectivity index (χ0) is 19.5. The number of likely N-dealkylation sites (tertiary alicyclic amines) is 1. The Labute approximate surface area is 188 Å². The van der Waals surface area contributed by atoms with Crippen LogP contribution in [0, 0.1) is 0 Å². The van der Waals surface area contributed by atoms with Gasteiger partial charge in [-0.05, 0) is 37.3 Å². The molecular weight excluding hydrogens is 463 g/mol. The second kappa shape index (κ2) is 13.8.